The van der Waals surface area contributed by atoms with Crippen molar-refractivity contribution in [2.24, 2.45) is 5.92 Å². The predicted molar refractivity (Wildman–Crippen MR) is 67.7 cm³/mol. The SMILES string of the molecule is C=C/C=C\C=C(/C)C1C2CC2c2nc(C)nn21. The van der Waals surface area contributed by atoms with Crippen LogP contribution in [0.25, 0.3) is 0 Å². The molecular weight excluding hydrogens is 210 g/mol. The van der Waals surface area contributed by atoms with Crippen molar-refractivity contribution < 1.29 is 0 Å². The van der Waals surface area contributed by atoms with Crippen molar-refractivity contribution in [2.45, 2.75) is 32.2 Å². The van der Waals surface area contributed by atoms with Crippen molar-refractivity contribution in [2.75, 3.05) is 0 Å². The maximum Gasteiger partial charge on any atom is 0.147 e. The average Bonchev–Trinajstić information content (AvgIpc) is 2.87. The van der Waals surface area contributed by atoms with Crippen molar-refractivity contribution in [1.82, 2.24) is 14.8 Å². The highest BCUT2D eigenvalue weighted by atomic mass is 15.4. The van der Waals surface area contributed by atoms with Crippen molar-refractivity contribution >= 4 is 0 Å². The van der Waals surface area contributed by atoms with Crippen LogP contribution in [0.15, 0.2) is 36.5 Å². The van der Waals surface area contributed by atoms with Crippen molar-refractivity contribution in [3.63, 3.8) is 0 Å². The van der Waals surface area contributed by atoms with Gasteiger partial charge in [-0.2, -0.15) is 5.10 Å². The number of hydrogen-bond acceptors (Lipinski definition) is 2. The van der Waals surface area contributed by atoms with Crippen LogP contribution in [0.3, 0.4) is 0 Å². The fourth-order valence-electron chi connectivity index (χ4n) is 2.86. The maximum atomic E-state index is 4.53. The molecule has 0 amide bonds. The molecule has 3 atom stereocenters. The minimum Gasteiger partial charge on any atom is -0.242 e. The monoisotopic (exact) mass is 227 g/mol. The summed E-state index contributed by atoms with van der Waals surface area (Å²) in [6.45, 7) is 7.82. The molecule has 3 unspecified atom stereocenters. The van der Waals surface area contributed by atoms with Gasteiger partial charge in [0.1, 0.15) is 11.6 Å². The Labute approximate surface area is 102 Å². The van der Waals surface area contributed by atoms with E-state index in [4.69, 9.17) is 0 Å². The van der Waals surface area contributed by atoms with Crippen LogP contribution in [-0.4, -0.2) is 14.8 Å². The molecule has 1 fully saturated rings. The number of hydrogen-bond donors (Lipinski definition) is 0. The Morgan fingerprint density at radius 2 is 2.29 bits per heavy atom. The van der Waals surface area contributed by atoms with Gasteiger partial charge in [-0.15, -0.1) is 0 Å². The molecule has 1 aromatic heterocycles. The third-order valence-corrected chi connectivity index (χ3v) is 3.68. The summed E-state index contributed by atoms with van der Waals surface area (Å²) in [4.78, 5) is 4.53. The lowest BCUT2D eigenvalue weighted by Crippen LogP contribution is -2.11. The summed E-state index contributed by atoms with van der Waals surface area (Å²) in [6, 6.07) is 0.422. The second-order valence-corrected chi connectivity index (χ2v) is 4.94. The van der Waals surface area contributed by atoms with E-state index in [1.165, 1.54) is 17.8 Å². The first-order valence-electron chi connectivity index (χ1n) is 6.11. The molecule has 2 heterocycles. The number of fused-ring (bicyclic) bond motifs is 3. The summed E-state index contributed by atoms with van der Waals surface area (Å²) in [5.74, 6) is 3.48. The van der Waals surface area contributed by atoms with E-state index in [-0.39, 0.29) is 0 Å². The molecule has 0 aromatic carbocycles. The molecular formula is C14H17N3. The molecule has 0 radical (unpaired) electrons. The van der Waals surface area contributed by atoms with E-state index in [2.05, 4.69) is 34.3 Å². The van der Waals surface area contributed by atoms with E-state index in [1.807, 2.05) is 19.1 Å². The van der Waals surface area contributed by atoms with Crippen molar-refractivity contribution in [3.05, 3.63) is 48.1 Å². The molecule has 17 heavy (non-hydrogen) atoms. The minimum atomic E-state index is 0.422. The van der Waals surface area contributed by atoms with Gasteiger partial charge in [0.2, 0.25) is 0 Å². The van der Waals surface area contributed by atoms with Gasteiger partial charge in [-0.25, -0.2) is 9.67 Å². The van der Waals surface area contributed by atoms with Gasteiger partial charge in [-0.1, -0.05) is 30.9 Å². The van der Waals surface area contributed by atoms with Crippen LogP contribution in [-0.2, 0) is 0 Å². The van der Waals surface area contributed by atoms with Gasteiger partial charge in [0.05, 0.1) is 6.04 Å². The molecule has 1 aromatic rings. The summed E-state index contributed by atoms with van der Waals surface area (Å²) in [7, 11) is 0. The molecule has 0 N–H and O–H groups in total. The summed E-state index contributed by atoms with van der Waals surface area (Å²) >= 11 is 0. The number of rotatable bonds is 3. The second kappa shape index (κ2) is 3.69. The Morgan fingerprint density at radius 1 is 1.47 bits per heavy atom. The van der Waals surface area contributed by atoms with Gasteiger partial charge in [0.15, 0.2) is 0 Å². The largest absolute Gasteiger partial charge is 0.242 e. The highest BCUT2D eigenvalue weighted by Crippen LogP contribution is 2.60. The van der Waals surface area contributed by atoms with Gasteiger partial charge < -0.3 is 0 Å². The first-order chi connectivity index (χ1) is 8.22. The molecule has 0 spiro atoms. The molecule has 3 rings (SSSR count). The highest BCUT2D eigenvalue weighted by Gasteiger charge is 2.54. The van der Waals surface area contributed by atoms with E-state index < -0.39 is 0 Å². The van der Waals surface area contributed by atoms with Crippen LogP contribution < -0.4 is 0 Å². The summed E-state index contributed by atoms with van der Waals surface area (Å²) in [5, 5.41) is 4.52. The number of aryl methyl sites for hydroxylation is 1. The smallest absolute Gasteiger partial charge is 0.147 e. The van der Waals surface area contributed by atoms with Gasteiger partial charge in [0, 0.05) is 5.92 Å². The van der Waals surface area contributed by atoms with Crippen LogP contribution >= 0.6 is 0 Å². The Morgan fingerprint density at radius 3 is 3.06 bits per heavy atom. The third kappa shape index (κ3) is 1.57. The molecule has 1 saturated carbocycles. The molecule has 0 saturated heterocycles. The van der Waals surface area contributed by atoms with Crippen molar-refractivity contribution in [3.8, 4) is 0 Å². The third-order valence-electron chi connectivity index (χ3n) is 3.68. The average molecular weight is 227 g/mol. The van der Waals surface area contributed by atoms with E-state index >= 15 is 0 Å². The fraction of sp³-hybridized carbons (Fsp3) is 0.429. The van der Waals surface area contributed by atoms with E-state index in [9.17, 15) is 0 Å². The molecule has 88 valence electrons. The van der Waals surface area contributed by atoms with Gasteiger partial charge in [0.25, 0.3) is 0 Å². The Kier molecular flexibility index (Phi) is 2.28. The number of allylic oxidation sites excluding steroid dienone is 5. The summed E-state index contributed by atoms with van der Waals surface area (Å²) in [5.41, 5.74) is 1.36. The standard InChI is InChI=1S/C14H17N3/c1-4-5-6-7-9(2)13-11-8-12(11)14-15-10(3)16-17(13)14/h4-7,11-13H,1,8H2,2-3H3/b6-5-,9-7+. The van der Waals surface area contributed by atoms with E-state index in [0.29, 0.717) is 12.0 Å². The van der Waals surface area contributed by atoms with Crippen LogP contribution in [0.1, 0.15) is 37.0 Å². The number of aromatic nitrogens is 3. The van der Waals surface area contributed by atoms with E-state index in [1.54, 1.807) is 6.08 Å². The predicted octanol–water partition coefficient (Wildman–Crippen LogP) is 2.93. The number of nitrogens with zero attached hydrogens (tertiary/aromatic N) is 3. The molecule has 3 heteroatoms. The Balaban J connectivity index is 1.92. The highest BCUT2D eigenvalue weighted by molar-refractivity contribution is 5.29. The van der Waals surface area contributed by atoms with Crippen LogP contribution in [0.2, 0.25) is 0 Å². The maximum absolute atomic E-state index is 4.53. The minimum absolute atomic E-state index is 0.422. The first-order valence-corrected chi connectivity index (χ1v) is 6.11. The quantitative estimate of drug-likeness (QED) is 0.743. The summed E-state index contributed by atoms with van der Waals surface area (Å²) < 4.78 is 2.13. The Bertz CT molecular complexity index is 522. The first kappa shape index (κ1) is 10.5. The van der Waals surface area contributed by atoms with Crippen LogP contribution in [0, 0.1) is 12.8 Å². The molecule has 1 aliphatic carbocycles. The topological polar surface area (TPSA) is 30.7 Å². The van der Waals surface area contributed by atoms with Gasteiger partial charge in [-0.05, 0) is 31.8 Å². The Hall–Kier alpha value is -1.64. The zero-order valence-electron chi connectivity index (χ0n) is 10.3. The van der Waals surface area contributed by atoms with Gasteiger partial charge >= 0.3 is 0 Å². The zero-order chi connectivity index (χ0) is 12.0. The second-order valence-electron chi connectivity index (χ2n) is 4.94. The van der Waals surface area contributed by atoms with Gasteiger partial charge in [-0.3, -0.25) is 0 Å². The zero-order valence-corrected chi connectivity index (χ0v) is 10.3. The normalized spacial score (nSPS) is 30.5. The van der Waals surface area contributed by atoms with Crippen molar-refractivity contribution in [1.29, 1.82) is 0 Å². The van der Waals surface area contributed by atoms with Crippen LogP contribution in [0.4, 0.5) is 0 Å². The lowest BCUT2D eigenvalue weighted by Gasteiger charge is -2.14. The lowest BCUT2D eigenvalue weighted by molar-refractivity contribution is 0.489. The lowest BCUT2D eigenvalue weighted by atomic mass is 10.0. The summed E-state index contributed by atoms with van der Waals surface area (Å²) in [6.07, 6.45) is 9.23. The fourth-order valence-corrected chi connectivity index (χ4v) is 2.86. The molecule has 2 aliphatic rings. The van der Waals surface area contributed by atoms with E-state index in [0.717, 1.165) is 11.7 Å². The van der Waals surface area contributed by atoms with Crippen LogP contribution in [0.5, 0.6) is 0 Å². The molecule has 0 bridgehead atoms. The molecule has 3 nitrogen and oxygen atoms in total. The molecule has 1 aliphatic heterocycles.